The fourth-order valence-electron chi connectivity index (χ4n) is 2.23. The number of alkyl halides is 1. The first kappa shape index (κ1) is 13.4. The van der Waals surface area contributed by atoms with E-state index in [4.69, 9.17) is 0 Å². The zero-order chi connectivity index (χ0) is 13.3. The first-order valence-corrected chi connectivity index (χ1v) is 7.24. The van der Waals surface area contributed by atoms with Gasteiger partial charge in [-0.25, -0.2) is 0 Å². The average Bonchev–Trinajstić information content (AvgIpc) is 2.33. The molecular weight excluding hydrogens is 341 g/mol. The molecule has 18 heavy (non-hydrogen) atoms. The van der Waals surface area contributed by atoms with E-state index in [9.17, 15) is 9.90 Å². The molecule has 1 unspecified atom stereocenters. The second-order valence-corrected chi connectivity index (χ2v) is 5.88. The third-order valence-electron chi connectivity index (χ3n) is 3.15. The minimum atomic E-state index is 0.0312. The molecule has 0 radical (unpaired) electrons. The van der Waals surface area contributed by atoms with Crippen LogP contribution in [0, 0.1) is 6.92 Å². The monoisotopic (exact) mass is 357 g/mol. The topological polar surface area (TPSA) is 40.5 Å². The number of carbonyl (C=O) groups is 1. The zero-order valence-corrected chi connectivity index (χ0v) is 12.6. The lowest BCUT2D eigenvalue weighted by molar-refractivity contribution is -0.127. The van der Waals surface area contributed by atoms with Crippen molar-refractivity contribution in [1.29, 1.82) is 0 Å². The van der Waals surface area contributed by atoms with Crippen LogP contribution < -0.4 is 0 Å². The minimum absolute atomic E-state index is 0.0312. The summed E-state index contributed by atoms with van der Waals surface area (Å²) in [6.07, 6.45) is 2.88. The number of rotatable bonds is 2. The zero-order valence-electron chi connectivity index (χ0n) is 10.5. The van der Waals surface area contributed by atoms with Gasteiger partial charge in [0, 0.05) is 17.8 Å². The van der Waals surface area contributed by atoms with Crippen LogP contribution in [-0.4, -0.2) is 26.4 Å². The molecule has 0 aliphatic carbocycles. The van der Waals surface area contributed by atoms with E-state index in [1.807, 2.05) is 24.8 Å². The van der Waals surface area contributed by atoms with Gasteiger partial charge < -0.3 is 10.0 Å². The summed E-state index contributed by atoms with van der Waals surface area (Å²) in [6.45, 7) is 4.60. The van der Waals surface area contributed by atoms with Gasteiger partial charge in [-0.05, 0) is 44.0 Å². The smallest absolute Gasteiger partial charge is 0.240 e. The standard InChI is InChI=1S/C14H16INO2/c1-3-16-13(7-6-12(15)14(16)18)11-5-4-10(17)8-9(11)2/h4-5,7-8,12,17H,3,6H2,1-2H3. The third kappa shape index (κ3) is 2.39. The highest BCUT2D eigenvalue weighted by Gasteiger charge is 2.28. The Morgan fingerprint density at radius 1 is 1.50 bits per heavy atom. The van der Waals surface area contributed by atoms with E-state index >= 15 is 0 Å². The molecule has 1 aromatic rings. The molecule has 1 aromatic carbocycles. The van der Waals surface area contributed by atoms with Crippen molar-refractivity contribution in [3.63, 3.8) is 0 Å². The number of phenolic OH excluding ortho intramolecular Hbond substituents is 1. The molecule has 3 nitrogen and oxygen atoms in total. The molecule has 0 aromatic heterocycles. The number of aromatic hydroxyl groups is 1. The Balaban J connectivity index is 2.45. The van der Waals surface area contributed by atoms with Gasteiger partial charge in [0.25, 0.3) is 0 Å². The normalized spacial score (nSPS) is 19.9. The van der Waals surface area contributed by atoms with Crippen molar-refractivity contribution in [2.75, 3.05) is 6.54 Å². The van der Waals surface area contributed by atoms with Crippen LogP contribution in [0.4, 0.5) is 0 Å². The molecule has 2 rings (SSSR count). The van der Waals surface area contributed by atoms with E-state index in [0.717, 1.165) is 23.2 Å². The lowest BCUT2D eigenvalue weighted by Gasteiger charge is -2.31. The minimum Gasteiger partial charge on any atom is -0.508 e. The molecule has 0 spiro atoms. The van der Waals surface area contributed by atoms with Gasteiger partial charge in [-0.1, -0.05) is 28.7 Å². The lowest BCUT2D eigenvalue weighted by atomic mass is 10.00. The maximum atomic E-state index is 12.1. The molecule has 96 valence electrons. The van der Waals surface area contributed by atoms with Gasteiger partial charge in [-0.3, -0.25) is 4.79 Å². The number of hydrogen-bond donors (Lipinski definition) is 1. The molecule has 1 atom stereocenters. The number of hydrogen-bond acceptors (Lipinski definition) is 2. The van der Waals surface area contributed by atoms with Crippen LogP contribution in [-0.2, 0) is 4.79 Å². The number of phenols is 1. The number of aryl methyl sites for hydroxylation is 1. The largest absolute Gasteiger partial charge is 0.508 e. The van der Waals surface area contributed by atoms with Crippen molar-refractivity contribution in [2.45, 2.75) is 24.2 Å². The highest BCUT2D eigenvalue weighted by Crippen LogP contribution is 2.31. The summed E-state index contributed by atoms with van der Waals surface area (Å²) in [6, 6.07) is 5.27. The number of nitrogens with zero attached hydrogens (tertiary/aromatic N) is 1. The predicted molar refractivity (Wildman–Crippen MR) is 80.6 cm³/mol. The summed E-state index contributed by atoms with van der Waals surface area (Å²) in [5.74, 6) is 0.428. The first-order chi connectivity index (χ1) is 8.54. The summed E-state index contributed by atoms with van der Waals surface area (Å²) >= 11 is 2.19. The van der Waals surface area contributed by atoms with Crippen molar-refractivity contribution in [2.24, 2.45) is 0 Å². The number of halogens is 1. The first-order valence-electron chi connectivity index (χ1n) is 6.00. The van der Waals surface area contributed by atoms with Gasteiger partial charge in [0.15, 0.2) is 0 Å². The van der Waals surface area contributed by atoms with Crippen LogP contribution in [0.1, 0.15) is 24.5 Å². The Hall–Kier alpha value is -1.04. The maximum absolute atomic E-state index is 12.1. The van der Waals surface area contributed by atoms with E-state index in [1.165, 1.54) is 0 Å². The summed E-state index contributed by atoms with van der Waals surface area (Å²) in [5, 5.41) is 9.45. The highest BCUT2D eigenvalue weighted by atomic mass is 127. The molecule has 1 aliphatic heterocycles. The van der Waals surface area contributed by atoms with Crippen molar-refractivity contribution < 1.29 is 9.90 Å². The second-order valence-electron chi connectivity index (χ2n) is 4.37. The molecule has 0 saturated heterocycles. The summed E-state index contributed by atoms with van der Waals surface area (Å²) in [4.78, 5) is 14.0. The molecule has 1 amide bonds. The molecule has 1 N–H and O–H groups in total. The van der Waals surface area contributed by atoms with Crippen LogP contribution in [0.2, 0.25) is 0 Å². The maximum Gasteiger partial charge on any atom is 0.240 e. The molecule has 4 heteroatoms. The predicted octanol–water partition coefficient (Wildman–Crippen LogP) is 3.10. The second kappa shape index (κ2) is 5.30. The Morgan fingerprint density at radius 3 is 2.83 bits per heavy atom. The van der Waals surface area contributed by atoms with Crippen LogP contribution in [0.25, 0.3) is 5.70 Å². The Kier molecular flexibility index (Phi) is 3.94. The molecule has 0 saturated carbocycles. The molecule has 1 heterocycles. The molecular formula is C14H16INO2. The van der Waals surface area contributed by atoms with Gasteiger partial charge in [0.1, 0.15) is 5.75 Å². The fourth-order valence-corrected chi connectivity index (χ4v) is 2.82. The number of benzene rings is 1. The van der Waals surface area contributed by atoms with E-state index < -0.39 is 0 Å². The molecule has 0 bridgehead atoms. The number of amides is 1. The Bertz CT molecular complexity index is 511. The van der Waals surface area contributed by atoms with Gasteiger partial charge in [-0.2, -0.15) is 0 Å². The van der Waals surface area contributed by atoms with Crippen molar-refractivity contribution in [1.82, 2.24) is 4.90 Å². The van der Waals surface area contributed by atoms with Crippen LogP contribution in [0.3, 0.4) is 0 Å². The van der Waals surface area contributed by atoms with Crippen molar-refractivity contribution >= 4 is 34.2 Å². The van der Waals surface area contributed by atoms with Crippen molar-refractivity contribution in [3.05, 3.63) is 35.4 Å². The van der Waals surface area contributed by atoms with Crippen LogP contribution in [0.15, 0.2) is 24.3 Å². The van der Waals surface area contributed by atoms with Gasteiger partial charge in [0.2, 0.25) is 5.91 Å². The average molecular weight is 357 g/mol. The fraction of sp³-hybridized carbons (Fsp3) is 0.357. The van der Waals surface area contributed by atoms with E-state index in [-0.39, 0.29) is 15.6 Å². The quantitative estimate of drug-likeness (QED) is 0.653. The SMILES string of the molecule is CCN1C(=O)C(I)CC=C1c1ccc(O)cc1C. The van der Waals surface area contributed by atoms with Gasteiger partial charge in [0.05, 0.1) is 3.92 Å². The van der Waals surface area contributed by atoms with Crippen molar-refractivity contribution in [3.8, 4) is 5.75 Å². The molecule has 1 aliphatic rings. The lowest BCUT2D eigenvalue weighted by Crippen LogP contribution is -2.38. The van der Waals surface area contributed by atoms with Gasteiger partial charge in [-0.15, -0.1) is 0 Å². The summed E-state index contributed by atoms with van der Waals surface area (Å²) in [7, 11) is 0. The Morgan fingerprint density at radius 2 is 2.22 bits per heavy atom. The summed E-state index contributed by atoms with van der Waals surface area (Å²) < 4.78 is 0.0312. The van der Waals surface area contributed by atoms with E-state index in [0.29, 0.717) is 6.54 Å². The van der Waals surface area contributed by atoms with Gasteiger partial charge >= 0.3 is 0 Å². The van der Waals surface area contributed by atoms with Crippen LogP contribution >= 0.6 is 22.6 Å². The number of carbonyl (C=O) groups excluding carboxylic acids is 1. The third-order valence-corrected chi connectivity index (χ3v) is 4.19. The van der Waals surface area contributed by atoms with Crippen LogP contribution in [0.5, 0.6) is 5.75 Å². The summed E-state index contributed by atoms with van der Waals surface area (Å²) in [5.41, 5.74) is 2.97. The van der Waals surface area contributed by atoms with E-state index in [1.54, 1.807) is 12.1 Å². The number of allylic oxidation sites excluding steroid dienone is 1. The van der Waals surface area contributed by atoms with E-state index in [2.05, 4.69) is 28.7 Å². The molecule has 0 fully saturated rings. The Labute approximate surface area is 121 Å². The highest BCUT2D eigenvalue weighted by molar-refractivity contribution is 14.1.